The second-order valence-electron chi connectivity index (χ2n) is 7.27. The number of fused-ring (bicyclic) bond motifs is 1. The fourth-order valence-corrected chi connectivity index (χ4v) is 2.95. The number of rotatable bonds is 12. The molecule has 0 fully saturated rings. The number of unbranched alkanes of at least 4 members (excludes halogenated alkanes) is 3. The third-order valence-corrected chi connectivity index (χ3v) is 4.46. The van der Waals surface area contributed by atoms with Crippen LogP contribution in [0.5, 0.6) is 5.75 Å². The summed E-state index contributed by atoms with van der Waals surface area (Å²) in [5.74, 6) is 0.685. The van der Waals surface area contributed by atoms with E-state index in [1.165, 1.54) is 0 Å². The van der Waals surface area contributed by atoms with Crippen LogP contribution in [0.25, 0.3) is 10.8 Å². The van der Waals surface area contributed by atoms with Crippen LogP contribution >= 0.6 is 0 Å². The molecule has 1 N–H and O–H groups in total. The summed E-state index contributed by atoms with van der Waals surface area (Å²) in [7, 11) is 0. The Hall–Kier alpha value is -2.07. The van der Waals surface area contributed by atoms with Gasteiger partial charge in [-0.25, -0.2) is 0 Å². The highest BCUT2D eigenvalue weighted by Crippen LogP contribution is 2.25. The Morgan fingerprint density at radius 3 is 2.59 bits per heavy atom. The lowest BCUT2D eigenvalue weighted by atomic mass is 10.1. The maximum Gasteiger partial charge on any atom is 0.306 e. The van der Waals surface area contributed by atoms with E-state index in [0.717, 1.165) is 42.2 Å². The summed E-state index contributed by atoms with van der Waals surface area (Å²) < 4.78 is 11.7. The van der Waals surface area contributed by atoms with Crippen molar-refractivity contribution in [2.24, 2.45) is 0 Å². The molecule has 148 valence electrons. The smallest absolute Gasteiger partial charge is 0.306 e. The standard InChI is InChI=1S/C23H33NO3/c1-4-5-6-7-15-23(25)27-20(16-24-18(2)3)17-26-22-14-10-12-19-11-8-9-13-21(19)22/h8-14,18,20,24H,4-7,15-17H2,1-3H3/t20-/m1/s1. The average molecular weight is 372 g/mol. The summed E-state index contributed by atoms with van der Waals surface area (Å²) in [6.45, 7) is 7.25. The molecule has 0 aliphatic rings. The van der Waals surface area contributed by atoms with Crippen LogP contribution in [-0.2, 0) is 9.53 Å². The molecule has 0 unspecified atom stereocenters. The highest BCUT2D eigenvalue weighted by Gasteiger charge is 2.16. The molecule has 4 heteroatoms. The Bertz CT molecular complexity index is 694. The molecule has 0 amide bonds. The Balaban J connectivity index is 1.93. The van der Waals surface area contributed by atoms with E-state index >= 15 is 0 Å². The Morgan fingerprint density at radius 2 is 1.81 bits per heavy atom. The topological polar surface area (TPSA) is 47.6 Å². The van der Waals surface area contributed by atoms with Crippen molar-refractivity contribution < 1.29 is 14.3 Å². The molecule has 0 saturated carbocycles. The summed E-state index contributed by atoms with van der Waals surface area (Å²) in [5, 5.41) is 5.55. The first kappa shape index (κ1) is 21.2. The summed E-state index contributed by atoms with van der Waals surface area (Å²) in [6.07, 6.45) is 4.47. The molecule has 0 aliphatic heterocycles. The third-order valence-electron chi connectivity index (χ3n) is 4.46. The fraction of sp³-hybridized carbons (Fsp3) is 0.522. The summed E-state index contributed by atoms with van der Waals surface area (Å²) in [6, 6.07) is 14.5. The number of esters is 1. The number of hydrogen-bond acceptors (Lipinski definition) is 4. The van der Waals surface area contributed by atoms with Gasteiger partial charge in [0.05, 0.1) is 0 Å². The van der Waals surface area contributed by atoms with Gasteiger partial charge in [-0.15, -0.1) is 0 Å². The Morgan fingerprint density at radius 1 is 1.04 bits per heavy atom. The summed E-state index contributed by atoms with van der Waals surface area (Å²) in [5.41, 5.74) is 0. The molecule has 0 radical (unpaired) electrons. The lowest BCUT2D eigenvalue weighted by Crippen LogP contribution is -2.38. The van der Waals surface area contributed by atoms with Crippen molar-refractivity contribution in [2.45, 2.75) is 65.0 Å². The number of ether oxygens (including phenoxy) is 2. The summed E-state index contributed by atoms with van der Waals surface area (Å²) in [4.78, 5) is 12.2. The van der Waals surface area contributed by atoms with Gasteiger partial charge in [-0.2, -0.15) is 0 Å². The Labute approximate surface area is 163 Å². The maximum atomic E-state index is 12.2. The van der Waals surface area contributed by atoms with Gasteiger partial charge in [-0.3, -0.25) is 4.79 Å². The summed E-state index contributed by atoms with van der Waals surface area (Å²) >= 11 is 0. The predicted molar refractivity (Wildman–Crippen MR) is 111 cm³/mol. The van der Waals surface area contributed by atoms with E-state index in [0.29, 0.717) is 25.6 Å². The molecule has 2 aromatic rings. The van der Waals surface area contributed by atoms with Gasteiger partial charge in [0.25, 0.3) is 0 Å². The zero-order valence-corrected chi connectivity index (χ0v) is 16.9. The molecule has 0 saturated heterocycles. The van der Waals surface area contributed by atoms with Gasteiger partial charge in [0.15, 0.2) is 0 Å². The van der Waals surface area contributed by atoms with Crippen LogP contribution in [0, 0.1) is 0 Å². The first-order chi connectivity index (χ1) is 13.1. The monoisotopic (exact) mass is 371 g/mol. The van der Waals surface area contributed by atoms with Gasteiger partial charge in [0.2, 0.25) is 0 Å². The molecule has 2 rings (SSSR count). The highest BCUT2D eigenvalue weighted by molar-refractivity contribution is 5.88. The minimum Gasteiger partial charge on any atom is -0.489 e. The van der Waals surface area contributed by atoms with Crippen LogP contribution in [-0.4, -0.2) is 31.3 Å². The van der Waals surface area contributed by atoms with Crippen molar-refractivity contribution in [1.82, 2.24) is 5.32 Å². The van der Waals surface area contributed by atoms with Gasteiger partial charge in [0.1, 0.15) is 18.5 Å². The first-order valence-electron chi connectivity index (χ1n) is 10.1. The molecule has 0 heterocycles. The van der Waals surface area contributed by atoms with Crippen LogP contribution < -0.4 is 10.1 Å². The largest absolute Gasteiger partial charge is 0.489 e. The minimum atomic E-state index is -0.301. The van der Waals surface area contributed by atoms with Gasteiger partial charge >= 0.3 is 5.97 Å². The second kappa shape index (κ2) is 11.6. The zero-order chi connectivity index (χ0) is 19.5. The Kier molecular flexibility index (Phi) is 9.12. The maximum absolute atomic E-state index is 12.2. The molecule has 0 aliphatic carbocycles. The molecule has 1 atom stereocenters. The molecule has 0 spiro atoms. The van der Waals surface area contributed by atoms with E-state index < -0.39 is 0 Å². The molecule has 27 heavy (non-hydrogen) atoms. The van der Waals surface area contributed by atoms with E-state index in [1.807, 2.05) is 30.3 Å². The van der Waals surface area contributed by atoms with Crippen molar-refractivity contribution in [3.63, 3.8) is 0 Å². The van der Waals surface area contributed by atoms with Crippen molar-refractivity contribution in [3.05, 3.63) is 42.5 Å². The molecular formula is C23H33NO3. The van der Waals surface area contributed by atoms with E-state index in [1.54, 1.807) is 0 Å². The lowest BCUT2D eigenvalue weighted by Gasteiger charge is -2.21. The van der Waals surface area contributed by atoms with Gasteiger partial charge in [0, 0.05) is 24.4 Å². The molecular weight excluding hydrogens is 338 g/mol. The normalized spacial score (nSPS) is 12.3. The SMILES string of the molecule is CCCCCCC(=O)O[C@H](CNC(C)C)COc1cccc2ccccc12. The number of nitrogens with one attached hydrogen (secondary N) is 1. The molecule has 2 aromatic carbocycles. The lowest BCUT2D eigenvalue weighted by molar-refractivity contribution is -0.150. The van der Waals surface area contributed by atoms with E-state index in [-0.39, 0.29) is 12.1 Å². The van der Waals surface area contributed by atoms with Crippen molar-refractivity contribution in [3.8, 4) is 5.75 Å². The molecule has 4 nitrogen and oxygen atoms in total. The van der Waals surface area contributed by atoms with Crippen LogP contribution in [0.3, 0.4) is 0 Å². The van der Waals surface area contributed by atoms with E-state index in [4.69, 9.17) is 9.47 Å². The quantitative estimate of drug-likeness (QED) is 0.416. The van der Waals surface area contributed by atoms with Crippen molar-refractivity contribution >= 4 is 16.7 Å². The van der Waals surface area contributed by atoms with Crippen LogP contribution in [0.15, 0.2) is 42.5 Å². The van der Waals surface area contributed by atoms with Crippen LogP contribution in [0.4, 0.5) is 0 Å². The minimum absolute atomic E-state index is 0.136. The molecule has 0 bridgehead atoms. The van der Waals surface area contributed by atoms with E-state index in [2.05, 4.69) is 38.2 Å². The van der Waals surface area contributed by atoms with E-state index in [9.17, 15) is 4.79 Å². The predicted octanol–water partition coefficient (Wildman–Crippen LogP) is 5.10. The van der Waals surface area contributed by atoms with Gasteiger partial charge < -0.3 is 14.8 Å². The van der Waals surface area contributed by atoms with Crippen molar-refractivity contribution in [1.29, 1.82) is 0 Å². The molecule has 0 aromatic heterocycles. The van der Waals surface area contributed by atoms with Gasteiger partial charge in [-0.1, -0.05) is 76.4 Å². The average Bonchev–Trinajstić information content (AvgIpc) is 2.67. The number of benzene rings is 2. The highest BCUT2D eigenvalue weighted by atomic mass is 16.6. The first-order valence-corrected chi connectivity index (χ1v) is 10.1. The van der Waals surface area contributed by atoms with Crippen molar-refractivity contribution in [2.75, 3.05) is 13.2 Å². The third kappa shape index (κ3) is 7.59. The van der Waals surface area contributed by atoms with Crippen LogP contribution in [0.1, 0.15) is 52.9 Å². The number of carbonyl (C=O) groups excluding carboxylic acids is 1. The van der Waals surface area contributed by atoms with Gasteiger partial charge in [-0.05, 0) is 17.9 Å². The van der Waals surface area contributed by atoms with Crippen LogP contribution in [0.2, 0.25) is 0 Å². The number of hydrogen-bond donors (Lipinski definition) is 1. The fourth-order valence-electron chi connectivity index (χ4n) is 2.95. The zero-order valence-electron chi connectivity index (χ0n) is 16.9. The second-order valence-corrected chi connectivity index (χ2v) is 7.27. The number of carbonyl (C=O) groups is 1.